The first-order valence-electron chi connectivity index (χ1n) is 6.21. The zero-order valence-corrected chi connectivity index (χ0v) is 11.9. The smallest absolute Gasteiger partial charge is 0.210 e. The van der Waals surface area contributed by atoms with Crippen molar-refractivity contribution in [3.05, 3.63) is 34.9 Å². The number of hydrogen-bond acceptors (Lipinski definition) is 6. The minimum absolute atomic E-state index is 0.512. The van der Waals surface area contributed by atoms with Crippen LogP contribution in [0, 0.1) is 0 Å². The minimum atomic E-state index is 0.512. The highest BCUT2D eigenvalue weighted by Crippen LogP contribution is 2.25. The molecule has 2 N–H and O–H groups in total. The highest BCUT2D eigenvalue weighted by molar-refractivity contribution is 7.18. The number of aromatic nitrogens is 2. The summed E-state index contributed by atoms with van der Waals surface area (Å²) in [7, 11) is 4.16. The Morgan fingerprint density at radius 2 is 2.11 bits per heavy atom. The van der Waals surface area contributed by atoms with E-state index in [0.29, 0.717) is 5.13 Å². The van der Waals surface area contributed by atoms with Crippen LogP contribution in [-0.4, -0.2) is 29.2 Å². The number of fused-ring (bicyclic) bond motifs is 1. The lowest BCUT2D eigenvalue weighted by Crippen LogP contribution is -2.16. The van der Waals surface area contributed by atoms with E-state index in [1.165, 1.54) is 28.0 Å². The molecule has 0 aliphatic carbocycles. The zero-order chi connectivity index (χ0) is 13.4. The quantitative estimate of drug-likeness (QED) is 0.924. The van der Waals surface area contributed by atoms with E-state index in [9.17, 15) is 0 Å². The van der Waals surface area contributed by atoms with Gasteiger partial charge < -0.3 is 10.6 Å². The Morgan fingerprint density at radius 1 is 1.32 bits per heavy atom. The Morgan fingerprint density at radius 3 is 2.84 bits per heavy atom. The van der Waals surface area contributed by atoms with Crippen LogP contribution in [0.1, 0.15) is 16.7 Å². The van der Waals surface area contributed by atoms with Crippen molar-refractivity contribution in [2.45, 2.75) is 19.6 Å². The highest BCUT2D eigenvalue weighted by Gasteiger charge is 2.16. The number of rotatable bonds is 3. The molecule has 19 heavy (non-hydrogen) atoms. The fraction of sp³-hybridized carbons (Fsp3) is 0.385. The second-order valence-corrected chi connectivity index (χ2v) is 6.04. The molecule has 6 heteroatoms. The van der Waals surface area contributed by atoms with E-state index in [4.69, 9.17) is 5.73 Å². The lowest BCUT2D eigenvalue weighted by Gasteiger charge is -2.15. The van der Waals surface area contributed by atoms with E-state index in [-0.39, 0.29) is 0 Å². The van der Waals surface area contributed by atoms with Crippen molar-refractivity contribution in [2.75, 3.05) is 24.7 Å². The molecule has 100 valence electrons. The molecule has 2 aromatic rings. The SMILES string of the molecule is CN1Cc2ccc(CN(C)c3nnc(N)s3)cc2C1. The molecular weight excluding hydrogens is 258 g/mol. The Labute approximate surface area is 116 Å². The second-order valence-electron chi connectivity index (χ2n) is 5.05. The van der Waals surface area contributed by atoms with Crippen molar-refractivity contribution in [1.29, 1.82) is 0 Å². The van der Waals surface area contributed by atoms with Gasteiger partial charge >= 0.3 is 0 Å². The molecule has 0 radical (unpaired) electrons. The van der Waals surface area contributed by atoms with E-state index in [1.807, 2.05) is 7.05 Å². The predicted octanol–water partition coefficient (Wildman–Crippen LogP) is 1.70. The lowest BCUT2D eigenvalue weighted by atomic mass is 10.1. The second kappa shape index (κ2) is 4.79. The number of anilines is 2. The zero-order valence-electron chi connectivity index (χ0n) is 11.1. The molecule has 5 nitrogen and oxygen atoms in total. The fourth-order valence-electron chi connectivity index (χ4n) is 2.44. The number of nitrogen functional groups attached to an aromatic ring is 1. The van der Waals surface area contributed by atoms with Crippen LogP contribution >= 0.6 is 11.3 Å². The van der Waals surface area contributed by atoms with Gasteiger partial charge in [0.05, 0.1) is 0 Å². The standard InChI is InChI=1S/C13H17N5S/c1-17-7-10-4-3-9(5-11(10)8-17)6-18(2)13-16-15-12(14)19-13/h3-5H,6-8H2,1-2H3,(H2,14,15). The van der Waals surface area contributed by atoms with E-state index in [2.05, 4.69) is 45.2 Å². The van der Waals surface area contributed by atoms with E-state index < -0.39 is 0 Å². The van der Waals surface area contributed by atoms with Gasteiger partial charge in [0.15, 0.2) is 0 Å². The minimum Gasteiger partial charge on any atom is -0.374 e. The maximum Gasteiger partial charge on any atom is 0.210 e. The van der Waals surface area contributed by atoms with Crippen LogP contribution < -0.4 is 10.6 Å². The summed E-state index contributed by atoms with van der Waals surface area (Å²) in [4.78, 5) is 4.40. The van der Waals surface area contributed by atoms with Crippen molar-refractivity contribution in [1.82, 2.24) is 15.1 Å². The predicted molar refractivity (Wildman–Crippen MR) is 78.0 cm³/mol. The van der Waals surface area contributed by atoms with Gasteiger partial charge in [-0.3, -0.25) is 4.90 Å². The van der Waals surface area contributed by atoms with Crippen LogP contribution in [0.25, 0.3) is 0 Å². The monoisotopic (exact) mass is 275 g/mol. The molecule has 3 rings (SSSR count). The summed E-state index contributed by atoms with van der Waals surface area (Å²) in [6, 6.07) is 6.72. The number of nitrogens with two attached hydrogens (primary N) is 1. The average molecular weight is 275 g/mol. The maximum absolute atomic E-state index is 5.61. The van der Waals surface area contributed by atoms with Gasteiger partial charge in [0.1, 0.15) is 0 Å². The van der Waals surface area contributed by atoms with Crippen LogP contribution in [0.4, 0.5) is 10.3 Å². The molecule has 0 amide bonds. The summed E-state index contributed by atoms with van der Waals surface area (Å²) >= 11 is 1.41. The summed E-state index contributed by atoms with van der Waals surface area (Å²) < 4.78 is 0. The molecular formula is C13H17N5S. The molecule has 1 aliphatic rings. The molecule has 0 fully saturated rings. The molecule has 0 saturated heterocycles. The molecule has 1 aromatic carbocycles. The largest absolute Gasteiger partial charge is 0.374 e. The van der Waals surface area contributed by atoms with Gasteiger partial charge in [-0.1, -0.05) is 29.5 Å². The average Bonchev–Trinajstić information content (AvgIpc) is 2.93. The molecule has 0 bridgehead atoms. The van der Waals surface area contributed by atoms with Gasteiger partial charge in [-0.2, -0.15) is 0 Å². The summed E-state index contributed by atoms with van der Waals surface area (Å²) in [6.45, 7) is 2.92. The van der Waals surface area contributed by atoms with Crippen LogP contribution in [0.15, 0.2) is 18.2 Å². The molecule has 0 unspecified atom stereocenters. The summed E-state index contributed by atoms with van der Waals surface area (Å²) in [5.74, 6) is 0. The van der Waals surface area contributed by atoms with E-state index in [1.54, 1.807) is 0 Å². The first-order valence-corrected chi connectivity index (χ1v) is 7.03. The first kappa shape index (κ1) is 12.4. The Bertz CT molecular complexity index is 594. The normalized spacial score (nSPS) is 14.6. The molecule has 0 saturated carbocycles. The Hall–Kier alpha value is -1.66. The van der Waals surface area contributed by atoms with Gasteiger partial charge in [0, 0.05) is 26.7 Å². The van der Waals surface area contributed by atoms with Crippen molar-refractivity contribution in [3.8, 4) is 0 Å². The van der Waals surface area contributed by atoms with Crippen LogP contribution in [0.5, 0.6) is 0 Å². The summed E-state index contributed by atoms with van der Waals surface area (Å²) in [5.41, 5.74) is 9.78. The van der Waals surface area contributed by atoms with Gasteiger partial charge in [-0.25, -0.2) is 0 Å². The van der Waals surface area contributed by atoms with Crippen molar-refractivity contribution in [3.63, 3.8) is 0 Å². The van der Waals surface area contributed by atoms with Gasteiger partial charge in [-0.15, -0.1) is 10.2 Å². The third kappa shape index (κ3) is 2.54. The van der Waals surface area contributed by atoms with Crippen LogP contribution in [0.3, 0.4) is 0 Å². The third-order valence-electron chi connectivity index (χ3n) is 3.33. The van der Waals surface area contributed by atoms with E-state index in [0.717, 1.165) is 24.8 Å². The first-order chi connectivity index (χ1) is 9.11. The Balaban J connectivity index is 1.75. The maximum atomic E-state index is 5.61. The molecule has 2 heterocycles. The van der Waals surface area contributed by atoms with Gasteiger partial charge in [0.2, 0.25) is 10.3 Å². The molecule has 1 aliphatic heterocycles. The van der Waals surface area contributed by atoms with Crippen molar-refractivity contribution >= 4 is 21.6 Å². The molecule has 0 atom stereocenters. The molecule has 0 spiro atoms. The van der Waals surface area contributed by atoms with Crippen LogP contribution in [0.2, 0.25) is 0 Å². The third-order valence-corrected chi connectivity index (χ3v) is 4.19. The van der Waals surface area contributed by atoms with Gasteiger partial charge in [-0.05, 0) is 23.7 Å². The fourth-order valence-corrected chi connectivity index (χ4v) is 3.01. The lowest BCUT2D eigenvalue weighted by molar-refractivity contribution is 0.353. The number of benzene rings is 1. The number of nitrogens with zero attached hydrogens (tertiary/aromatic N) is 4. The van der Waals surface area contributed by atoms with Crippen molar-refractivity contribution in [2.24, 2.45) is 0 Å². The topological polar surface area (TPSA) is 58.3 Å². The number of hydrogen-bond donors (Lipinski definition) is 1. The van der Waals surface area contributed by atoms with E-state index >= 15 is 0 Å². The Kier molecular flexibility index (Phi) is 3.12. The summed E-state index contributed by atoms with van der Waals surface area (Å²) in [5, 5.41) is 9.27. The summed E-state index contributed by atoms with van der Waals surface area (Å²) in [6.07, 6.45) is 0. The van der Waals surface area contributed by atoms with Crippen LogP contribution in [-0.2, 0) is 19.6 Å². The van der Waals surface area contributed by atoms with Gasteiger partial charge in [0.25, 0.3) is 0 Å². The van der Waals surface area contributed by atoms with Crippen molar-refractivity contribution < 1.29 is 0 Å². The molecule has 1 aromatic heterocycles. The highest BCUT2D eigenvalue weighted by atomic mass is 32.1.